The van der Waals surface area contributed by atoms with E-state index in [4.69, 9.17) is 5.73 Å². The first kappa shape index (κ1) is 13.1. The van der Waals surface area contributed by atoms with E-state index in [-0.39, 0.29) is 11.9 Å². The average molecular weight is 241 g/mol. The molecule has 3 N–H and O–H groups in total. The van der Waals surface area contributed by atoms with E-state index >= 15 is 0 Å². The Balaban J connectivity index is 2.14. The molecule has 0 aliphatic heterocycles. The molecule has 1 atom stereocenters. The molecule has 0 aliphatic carbocycles. The summed E-state index contributed by atoms with van der Waals surface area (Å²) in [5.74, 6) is 0.868. The van der Waals surface area contributed by atoms with Gasteiger partial charge in [0.2, 0.25) is 5.91 Å². The van der Waals surface area contributed by atoms with E-state index in [0.29, 0.717) is 6.54 Å². The van der Waals surface area contributed by atoms with E-state index in [1.807, 2.05) is 35.3 Å². The molecule has 4 nitrogen and oxygen atoms in total. The van der Waals surface area contributed by atoms with Crippen LogP contribution >= 0.6 is 11.8 Å². The molecule has 1 aromatic rings. The van der Waals surface area contributed by atoms with Gasteiger partial charge in [-0.3, -0.25) is 4.79 Å². The van der Waals surface area contributed by atoms with Crippen molar-refractivity contribution in [3.05, 3.63) is 24.5 Å². The van der Waals surface area contributed by atoms with Crippen LogP contribution < -0.4 is 11.1 Å². The van der Waals surface area contributed by atoms with Crippen LogP contribution in [0.5, 0.6) is 0 Å². The predicted molar refractivity (Wildman–Crippen MR) is 68.4 cm³/mol. The molecule has 1 amide bonds. The van der Waals surface area contributed by atoms with Crippen molar-refractivity contribution in [1.82, 2.24) is 9.88 Å². The van der Waals surface area contributed by atoms with Crippen LogP contribution in [0, 0.1) is 0 Å². The van der Waals surface area contributed by atoms with E-state index in [9.17, 15) is 4.79 Å². The molecule has 0 radical (unpaired) electrons. The second-order valence-corrected chi connectivity index (χ2v) is 4.59. The van der Waals surface area contributed by atoms with Crippen molar-refractivity contribution in [1.29, 1.82) is 0 Å². The maximum Gasteiger partial charge on any atom is 0.237 e. The van der Waals surface area contributed by atoms with Crippen LogP contribution in [0.15, 0.2) is 24.5 Å². The number of hydrogen-bond acceptors (Lipinski definition) is 3. The maximum absolute atomic E-state index is 11.5. The fourth-order valence-corrected chi connectivity index (χ4v) is 1.82. The molecule has 0 fully saturated rings. The molecule has 1 aromatic heterocycles. The summed E-state index contributed by atoms with van der Waals surface area (Å²) in [6.45, 7) is 1.41. The second-order valence-electron chi connectivity index (χ2n) is 3.60. The first-order valence-electron chi connectivity index (χ1n) is 5.37. The number of carbonyl (C=O) groups excluding carboxylic acids is 1. The lowest BCUT2D eigenvalue weighted by atomic mass is 10.2. The highest BCUT2D eigenvalue weighted by molar-refractivity contribution is 7.98. The number of amides is 1. The molecule has 0 unspecified atom stereocenters. The van der Waals surface area contributed by atoms with Gasteiger partial charge in [0.05, 0.1) is 6.04 Å². The quantitative estimate of drug-likeness (QED) is 0.738. The largest absolute Gasteiger partial charge is 0.353 e. The molecule has 0 saturated carbocycles. The standard InChI is InChI=1S/C11H19N3OS/c1-16-9-4-10(12)11(15)13-5-8-14-6-2-3-7-14/h2-3,6-7,10H,4-5,8-9,12H2,1H3,(H,13,15)/t10-/m0/s1. The predicted octanol–water partition coefficient (Wildman–Crippen LogP) is 0.685. The summed E-state index contributed by atoms with van der Waals surface area (Å²) < 4.78 is 2.02. The van der Waals surface area contributed by atoms with Gasteiger partial charge in [0, 0.05) is 25.5 Å². The maximum atomic E-state index is 11.5. The lowest BCUT2D eigenvalue weighted by molar-refractivity contribution is -0.122. The molecule has 0 spiro atoms. The van der Waals surface area contributed by atoms with E-state index in [1.54, 1.807) is 11.8 Å². The van der Waals surface area contributed by atoms with Gasteiger partial charge in [0.1, 0.15) is 0 Å². The number of carbonyl (C=O) groups is 1. The van der Waals surface area contributed by atoms with E-state index in [0.717, 1.165) is 18.7 Å². The van der Waals surface area contributed by atoms with Gasteiger partial charge in [0.25, 0.3) is 0 Å². The first-order valence-corrected chi connectivity index (χ1v) is 6.76. The lowest BCUT2D eigenvalue weighted by Crippen LogP contribution is -2.42. The van der Waals surface area contributed by atoms with E-state index < -0.39 is 0 Å². The number of rotatable bonds is 7. The molecule has 1 heterocycles. The summed E-state index contributed by atoms with van der Waals surface area (Å²) in [6.07, 6.45) is 6.69. The molecule has 0 aliphatic rings. The molecule has 90 valence electrons. The third-order valence-corrected chi connectivity index (χ3v) is 2.95. The van der Waals surface area contributed by atoms with Gasteiger partial charge in [0.15, 0.2) is 0 Å². The zero-order chi connectivity index (χ0) is 11.8. The zero-order valence-electron chi connectivity index (χ0n) is 9.56. The van der Waals surface area contributed by atoms with Crippen LogP contribution in [0.2, 0.25) is 0 Å². The Kier molecular flexibility index (Phi) is 6.03. The molecule has 0 aromatic carbocycles. The number of nitrogens with one attached hydrogen (secondary N) is 1. The average Bonchev–Trinajstić information content (AvgIpc) is 2.78. The van der Waals surface area contributed by atoms with Crippen LogP contribution in [0.1, 0.15) is 6.42 Å². The summed E-state index contributed by atoms with van der Waals surface area (Å²) in [7, 11) is 0. The van der Waals surface area contributed by atoms with E-state index in [2.05, 4.69) is 5.32 Å². The number of thioether (sulfide) groups is 1. The molecule has 1 rings (SSSR count). The normalized spacial score (nSPS) is 12.4. The van der Waals surface area contributed by atoms with Crippen molar-refractivity contribution in [2.75, 3.05) is 18.6 Å². The van der Waals surface area contributed by atoms with Crippen LogP contribution in [-0.4, -0.2) is 35.1 Å². The Morgan fingerprint density at radius 3 is 2.81 bits per heavy atom. The van der Waals surface area contributed by atoms with Gasteiger partial charge in [-0.1, -0.05) is 0 Å². The third kappa shape index (κ3) is 4.72. The monoisotopic (exact) mass is 241 g/mol. The van der Waals surface area contributed by atoms with Crippen molar-refractivity contribution in [2.24, 2.45) is 5.73 Å². The number of nitrogens with zero attached hydrogens (tertiary/aromatic N) is 1. The fraction of sp³-hybridized carbons (Fsp3) is 0.545. The Hall–Kier alpha value is -0.940. The summed E-state index contributed by atoms with van der Waals surface area (Å²) in [5, 5.41) is 2.84. The number of nitrogens with two attached hydrogens (primary N) is 1. The summed E-state index contributed by atoms with van der Waals surface area (Å²) in [4.78, 5) is 11.5. The van der Waals surface area contributed by atoms with Gasteiger partial charge in [-0.05, 0) is 30.6 Å². The Bertz CT molecular complexity index is 300. The molecule has 16 heavy (non-hydrogen) atoms. The minimum Gasteiger partial charge on any atom is -0.353 e. The third-order valence-electron chi connectivity index (χ3n) is 2.31. The summed E-state index contributed by atoms with van der Waals surface area (Å²) >= 11 is 1.71. The molecule has 0 bridgehead atoms. The highest BCUT2D eigenvalue weighted by Crippen LogP contribution is 1.98. The Morgan fingerprint density at radius 1 is 1.50 bits per heavy atom. The van der Waals surface area contributed by atoms with E-state index in [1.165, 1.54) is 0 Å². The number of aromatic nitrogens is 1. The lowest BCUT2D eigenvalue weighted by Gasteiger charge is -2.11. The molecule has 0 saturated heterocycles. The van der Waals surface area contributed by atoms with Crippen LogP contribution in [0.4, 0.5) is 0 Å². The summed E-state index contributed by atoms with van der Waals surface area (Å²) in [6, 6.07) is 3.55. The zero-order valence-corrected chi connectivity index (χ0v) is 10.4. The number of hydrogen-bond donors (Lipinski definition) is 2. The Morgan fingerprint density at radius 2 is 2.19 bits per heavy atom. The highest BCUT2D eigenvalue weighted by atomic mass is 32.2. The summed E-state index contributed by atoms with van der Waals surface area (Å²) in [5.41, 5.74) is 5.73. The topological polar surface area (TPSA) is 60.1 Å². The van der Waals surface area contributed by atoms with Crippen LogP contribution in [0.25, 0.3) is 0 Å². The minimum absolute atomic E-state index is 0.0544. The van der Waals surface area contributed by atoms with Gasteiger partial charge in [-0.25, -0.2) is 0 Å². The smallest absolute Gasteiger partial charge is 0.237 e. The Labute approximate surface area is 101 Å². The fourth-order valence-electron chi connectivity index (χ4n) is 1.33. The van der Waals surface area contributed by atoms with Gasteiger partial charge in [-0.15, -0.1) is 0 Å². The van der Waals surface area contributed by atoms with Crippen molar-refractivity contribution < 1.29 is 4.79 Å². The van der Waals surface area contributed by atoms with Gasteiger partial charge < -0.3 is 15.6 Å². The van der Waals surface area contributed by atoms with Crippen molar-refractivity contribution in [3.63, 3.8) is 0 Å². The minimum atomic E-state index is -0.378. The van der Waals surface area contributed by atoms with Crippen molar-refractivity contribution >= 4 is 17.7 Å². The molecular formula is C11H19N3OS. The molecular weight excluding hydrogens is 222 g/mol. The van der Waals surface area contributed by atoms with Crippen LogP contribution in [-0.2, 0) is 11.3 Å². The SMILES string of the molecule is CSCC[C@H](N)C(=O)NCCn1cccc1. The van der Waals surface area contributed by atoms with Crippen molar-refractivity contribution in [3.8, 4) is 0 Å². The van der Waals surface area contributed by atoms with Gasteiger partial charge >= 0.3 is 0 Å². The van der Waals surface area contributed by atoms with Crippen molar-refractivity contribution in [2.45, 2.75) is 19.0 Å². The second kappa shape index (κ2) is 7.35. The van der Waals surface area contributed by atoms with Crippen LogP contribution in [0.3, 0.4) is 0 Å². The highest BCUT2D eigenvalue weighted by Gasteiger charge is 2.11. The molecule has 5 heteroatoms. The first-order chi connectivity index (χ1) is 7.74. The van der Waals surface area contributed by atoms with Gasteiger partial charge in [-0.2, -0.15) is 11.8 Å².